The summed E-state index contributed by atoms with van der Waals surface area (Å²) in [5.41, 5.74) is 4.22. The average molecular weight is 348 g/mol. The van der Waals surface area contributed by atoms with Crippen LogP contribution in [0.25, 0.3) is 0 Å². The molecule has 0 radical (unpaired) electrons. The molecule has 0 aromatic heterocycles. The number of nitrogens with zero attached hydrogens (tertiary/aromatic N) is 1. The molecule has 0 unspecified atom stereocenters. The van der Waals surface area contributed by atoms with Crippen LogP contribution in [0, 0.1) is 12.7 Å². The maximum atomic E-state index is 13.2. The van der Waals surface area contributed by atoms with Gasteiger partial charge in [0.25, 0.3) is 0 Å². The second kappa shape index (κ2) is 7.41. The molecular formula is C19H23ClFNSi. The molecule has 0 saturated carbocycles. The second-order valence-corrected chi connectivity index (χ2v) is 13.0. The van der Waals surface area contributed by atoms with E-state index in [9.17, 15) is 4.39 Å². The van der Waals surface area contributed by atoms with E-state index in [1.54, 1.807) is 6.07 Å². The number of rotatable bonds is 5. The molecule has 0 aliphatic heterocycles. The molecule has 1 nitrogen and oxygen atoms in total. The van der Waals surface area contributed by atoms with Crippen molar-refractivity contribution in [2.75, 3.05) is 0 Å². The molecule has 0 spiro atoms. The van der Waals surface area contributed by atoms with Crippen molar-refractivity contribution in [2.45, 2.75) is 39.0 Å². The van der Waals surface area contributed by atoms with Crippen molar-refractivity contribution in [1.29, 1.82) is 0 Å². The standard InChI is InChI=1S/C19H23ClFNSi/c1-14-5-9-17(10-6-14)22-18(13-23(2,3)4)11-15-7-8-16(21)12-19(15)20/h5-10,12H,11,13H2,1-4H3. The number of aryl methyl sites for hydroxylation is 1. The maximum absolute atomic E-state index is 13.2. The molecule has 0 heterocycles. The van der Waals surface area contributed by atoms with Gasteiger partial charge in [-0.2, -0.15) is 0 Å². The highest BCUT2D eigenvalue weighted by atomic mass is 35.5. The summed E-state index contributed by atoms with van der Waals surface area (Å²) in [5.74, 6) is -0.305. The van der Waals surface area contributed by atoms with Crippen LogP contribution in [-0.4, -0.2) is 13.8 Å². The first-order chi connectivity index (χ1) is 10.7. The lowest BCUT2D eigenvalue weighted by atomic mass is 10.1. The molecule has 0 amide bonds. The Kier molecular flexibility index (Phi) is 5.77. The monoisotopic (exact) mass is 347 g/mol. The summed E-state index contributed by atoms with van der Waals surface area (Å²) in [4.78, 5) is 4.84. The molecule has 2 rings (SSSR count). The van der Waals surface area contributed by atoms with E-state index in [1.165, 1.54) is 17.7 Å². The molecule has 2 aromatic rings. The first kappa shape index (κ1) is 17.9. The molecule has 0 atom stereocenters. The van der Waals surface area contributed by atoms with Gasteiger partial charge in [-0.15, -0.1) is 0 Å². The van der Waals surface area contributed by atoms with Gasteiger partial charge in [0.1, 0.15) is 5.82 Å². The van der Waals surface area contributed by atoms with Gasteiger partial charge in [-0.25, -0.2) is 4.39 Å². The number of hydrogen-bond acceptors (Lipinski definition) is 1. The molecule has 0 aliphatic carbocycles. The van der Waals surface area contributed by atoms with Gasteiger partial charge in [-0.05, 0) is 42.8 Å². The molecule has 2 aromatic carbocycles. The van der Waals surface area contributed by atoms with Crippen molar-refractivity contribution < 1.29 is 4.39 Å². The minimum atomic E-state index is -1.32. The van der Waals surface area contributed by atoms with Crippen LogP contribution in [0.15, 0.2) is 47.5 Å². The van der Waals surface area contributed by atoms with Gasteiger partial charge in [0.05, 0.1) is 13.8 Å². The van der Waals surface area contributed by atoms with Gasteiger partial charge < -0.3 is 0 Å². The second-order valence-electron chi connectivity index (χ2n) is 7.16. The van der Waals surface area contributed by atoms with Crippen LogP contribution in [0.2, 0.25) is 30.7 Å². The van der Waals surface area contributed by atoms with Crippen molar-refractivity contribution in [3.05, 3.63) is 64.4 Å². The van der Waals surface area contributed by atoms with Crippen molar-refractivity contribution >= 4 is 31.1 Å². The zero-order valence-corrected chi connectivity index (χ0v) is 15.9. The van der Waals surface area contributed by atoms with E-state index in [4.69, 9.17) is 16.6 Å². The van der Waals surface area contributed by atoms with Crippen LogP contribution in [0.4, 0.5) is 10.1 Å². The van der Waals surface area contributed by atoms with Gasteiger partial charge >= 0.3 is 0 Å². The topological polar surface area (TPSA) is 12.4 Å². The summed E-state index contributed by atoms with van der Waals surface area (Å²) in [6.45, 7) is 9.03. The van der Waals surface area contributed by atoms with Crippen LogP contribution < -0.4 is 0 Å². The number of benzene rings is 2. The Morgan fingerprint density at radius 2 is 1.74 bits per heavy atom. The third-order valence-corrected chi connectivity index (χ3v) is 5.29. The SMILES string of the molecule is Cc1ccc(N=C(Cc2ccc(F)cc2Cl)C[Si](C)(C)C)cc1. The van der Waals surface area contributed by atoms with E-state index in [0.29, 0.717) is 11.4 Å². The Morgan fingerprint density at radius 1 is 1.09 bits per heavy atom. The zero-order chi connectivity index (χ0) is 17.0. The minimum Gasteiger partial charge on any atom is -0.258 e. The molecule has 0 bridgehead atoms. The molecule has 0 saturated heterocycles. The molecule has 0 N–H and O–H groups in total. The fourth-order valence-corrected chi connectivity index (χ4v) is 4.10. The molecule has 122 valence electrons. The Bertz CT molecular complexity index is 702. The predicted octanol–water partition coefficient (Wildman–Crippen LogP) is 6.44. The van der Waals surface area contributed by atoms with Crippen LogP contribution in [-0.2, 0) is 6.42 Å². The van der Waals surface area contributed by atoms with Crippen LogP contribution in [0.5, 0.6) is 0 Å². The summed E-state index contributed by atoms with van der Waals surface area (Å²) in [7, 11) is -1.32. The lowest BCUT2D eigenvalue weighted by molar-refractivity contribution is 0.627. The zero-order valence-electron chi connectivity index (χ0n) is 14.2. The average Bonchev–Trinajstić information content (AvgIpc) is 2.43. The highest BCUT2D eigenvalue weighted by molar-refractivity contribution is 6.79. The van der Waals surface area contributed by atoms with Crippen molar-refractivity contribution in [2.24, 2.45) is 4.99 Å². The lowest BCUT2D eigenvalue weighted by Crippen LogP contribution is -2.25. The van der Waals surface area contributed by atoms with E-state index in [1.807, 2.05) is 12.1 Å². The van der Waals surface area contributed by atoms with Crippen LogP contribution >= 0.6 is 11.6 Å². The summed E-state index contributed by atoms with van der Waals surface area (Å²) < 4.78 is 13.2. The van der Waals surface area contributed by atoms with Crippen LogP contribution in [0.3, 0.4) is 0 Å². The summed E-state index contributed by atoms with van der Waals surface area (Å²) >= 11 is 6.18. The number of hydrogen-bond donors (Lipinski definition) is 0. The van der Waals surface area contributed by atoms with Gasteiger partial charge in [0.15, 0.2) is 0 Å². The quantitative estimate of drug-likeness (QED) is 0.436. The van der Waals surface area contributed by atoms with Gasteiger partial charge in [-0.3, -0.25) is 4.99 Å². The van der Waals surface area contributed by atoms with Crippen molar-refractivity contribution in [3.8, 4) is 0 Å². The molecule has 4 heteroatoms. The smallest absolute Gasteiger partial charge is 0.124 e. The Hall–Kier alpha value is -1.45. The minimum absolute atomic E-state index is 0.305. The fourth-order valence-electron chi connectivity index (χ4n) is 2.44. The van der Waals surface area contributed by atoms with Crippen molar-refractivity contribution in [3.63, 3.8) is 0 Å². The molecule has 0 fully saturated rings. The van der Waals surface area contributed by atoms with E-state index < -0.39 is 8.07 Å². The highest BCUT2D eigenvalue weighted by Crippen LogP contribution is 2.23. The van der Waals surface area contributed by atoms with E-state index in [-0.39, 0.29) is 5.82 Å². The number of halogens is 2. The van der Waals surface area contributed by atoms with E-state index in [0.717, 1.165) is 23.0 Å². The molecule has 23 heavy (non-hydrogen) atoms. The lowest BCUT2D eigenvalue weighted by Gasteiger charge is -2.18. The Balaban J connectivity index is 2.32. The Labute approximate surface area is 144 Å². The van der Waals surface area contributed by atoms with Gasteiger partial charge in [-0.1, -0.05) is 55.0 Å². The van der Waals surface area contributed by atoms with E-state index in [2.05, 4.69) is 38.7 Å². The molecule has 0 aliphatic rings. The normalized spacial score (nSPS) is 12.5. The largest absolute Gasteiger partial charge is 0.258 e. The van der Waals surface area contributed by atoms with Crippen LogP contribution in [0.1, 0.15) is 11.1 Å². The third-order valence-electron chi connectivity index (χ3n) is 3.47. The van der Waals surface area contributed by atoms with Crippen molar-refractivity contribution in [1.82, 2.24) is 0 Å². The first-order valence-electron chi connectivity index (χ1n) is 7.80. The van der Waals surface area contributed by atoms with Gasteiger partial charge in [0, 0.05) is 17.2 Å². The summed E-state index contributed by atoms with van der Waals surface area (Å²) in [6, 6.07) is 13.8. The predicted molar refractivity (Wildman–Crippen MR) is 102 cm³/mol. The summed E-state index contributed by atoms with van der Waals surface area (Å²) in [5, 5.41) is 0.470. The molecular weight excluding hydrogens is 325 g/mol. The highest BCUT2D eigenvalue weighted by Gasteiger charge is 2.18. The maximum Gasteiger partial charge on any atom is 0.124 e. The Morgan fingerprint density at radius 3 is 2.30 bits per heavy atom. The van der Waals surface area contributed by atoms with E-state index >= 15 is 0 Å². The summed E-state index contributed by atoms with van der Waals surface area (Å²) in [6.07, 6.45) is 0.664. The third kappa shape index (κ3) is 5.92. The fraction of sp³-hybridized carbons (Fsp3) is 0.316. The number of aliphatic imine (C=N–C) groups is 1. The first-order valence-corrected chi connectivity index (χ1v) is 11.9. The van der Waals surface area contributed by atoms with Gasteiger partial charge in [0.2, 0.25) is 0 Å².